The first-order valence-electron chi connectivity index (χ1n) is 11.4. The first kappa shape index (κ1) is 28.1. The standard InChI is InChI=1S/C27H32N4O5/c1-6-19-11-9-12-20(16-19)23(24(33)29-21-13-8-7-10-18(21)2)31(15-14-28)25(34)22(17-32)30-26(35)36-27(3,4)5/h6-13,16,22-23,32H,1,15,17H2,2-5H3,(H,29,33)(H,30,35). The lowest BCUT2D eigenvalue weighted by Gasteiger charge is -2.32. The molecule has 2 rings (SSSR count). The second-order valence-corrected chi connectivity index (χ2v) is 9.09. The number of anilines is 1. The third-order valence-corrected chi connectivity index (χ3v) is 5.12. The Bertz CT molecular complexity index is 1150. The highest BCUT2D eigenvalue weighted by molar-refractivity contribution is 5.99. The van der Waals surface area contributed by atoms with Gasteiger partial charge in [0.15, 0.2) is 0 Å². The van der Waals surface area contributed by atoms with Crippen molar-refractivity contribution in [1.29, 1.82) is 5.26 Å². The zero-order valence-corrected chi connectivity index (χ0v) is 20.9. The molecule has 9 nitrogen and oxygen atoms in total. The molecular weight excluding hydrogens is 460 g/mol. The van der Waals surface area contributed by atoms with Gasteiger partial charge in [-0.1, -0.05) is 49.1 Å². The van der Waals surface area contributed by atoms with Crippen LogP contribution < -0.4 is 10.6 Å². The Balaban J connectivity index is 2.49. The van der Waals surface area contributed by atoms with Crippen LogP contribution in [0.5, 0.6) is 0 Å². The molecule has 0 radical (unpaired) electrons. The fraction of sp³-hybridized carbons (Fsp3) is 0.333. The normalized spacial score (nSPS) is 12.4. The van der Waals surface area contributed by atoms with Gasteiger partial charge in [0.25, 0.3) is 5.91 Å². The van der Waals surface area contributed by atoms with Crippen molar-refractivity contribution in [1.82, 2.24) is 10.2 Å². The molecule has 0 bridgehead atoms. The third kappa shape index (κ3) is 7.68. The number of carbonyl (C=O) groups excluding carboxylic acids is 3. The fourth-order valence-corrected chi connectivity index (χ4v) is 3.45. The molecule has 0 aliphatic heterocycles. The molecule has 36 heavy (non-hydrogen) atoms. The number of aliphatic hydroxyl groups is 1. The average molecular weight is 493 g/mol. The number of hydrogen-bond acceptors (Lipinski definition) is 6. The maximum absolute atomic E-state index is 13.6. The molecule has 0 heterocycles. The molecule has 3 amide bonds. The molecule has 9 heteroatoms. The number of para-hydroxylation sites is 1. The zero-order chi connectivity index (χ0) is 26.9. The molecule has 0 fully saturated rings. The highest BCUT2D eigenvalue weighted by Gasteiger charge is 2.36. The van der Waals surface area contributed by atoms with Gasteiger partial charge >= 0.3 is 6.09 Å². The number of aryl methyl sites for hydroxylation is 1. The van der Waals surface area contributed by atoms with Gasteiger partial charge in [0.2, 0.25) is 5.91 Å². The number of ether oxygens (including phenoxy) is 1. The lowest BCUT2D eigenvalue weighted by Crippen LogP contribution is -2.54. The minimum absolute atomic E-state index is 0.427. The summed E-state index contributed by atoms with van der Waals surface area (Å²) in [7, 11) is 0. The molecule has 2 aromatic carbocycles. The summed E-state index contributed by atoms with van der Waals surface area (Å²) in [4.78, 5) is 40.4. The molecule has 0 saturated carbocycles. The van der Waals surface area contributed by atoms with E-state index in [-0.39, 0.29) is 0 Å². The number of nitriles is 1. The Labute approximate surface area is 211 Å². The average Bonchev–Trinajstić information content (AvgIpc) is 2.82. The van der Waals surface area contributed by atoms with Gasteiger partial charge in [-0.25, -0.2) is 4.79 Å². The van der Waals surface area contributed by atoms with Gasteiger partial charge in [-0.15, -0.1) is 0 Å². The number of aliphatic hydroxyl groups excluding tert-OH is 1. The van der Waals surface area contributed by atoms with Crippen LogP contribution in [-0.2, 0) is 14.3 Å². The third-order valence-electron chi connectivity index (χ3n) is 5.12. The minimum atomic E-state index is -1.44. The van der Waals surface area contributed by atoms with Crippen LogP contribution in [0, 0.1) is 18.3 Å². The summed E-state index contributed by atoms with van der Waals surface area (Å²) in [6.07, 6.45) is 0.679. The van der Waals surface area contributed by atoms with E-state index in [0.717, 1.165) is 10.5 Å². The Kier molecular flexibility index (Phi) is 9.76. The molecule has 3 N–H and O–H groups in total. The first-order valence-corrected chi connectivity index (χ1v) is 11.4. The van der Waals surface area contributed by atoms with E-state index in [1.54, 1.807) is 63.2 Å². The van der Waals surface area contributed by atoms with Gasteiger partial charge in [0, 0.05) is 5.69 Å². The lowest BCUT2D eigenvalue weighted by molar-refractivity contribution is -0.140. The molecule has 2 unspecified atom stereocenters. The Morgan fingerprint density at radius 2 is 1.89 bits per heavy atom. The SMILES string of the molecule is C=Cc1cccc(C(C(=O)Nc2ccccc2C)N(CC#N)C(=O)C(CO)NC(=O)OC(C)(C)C)c1. The maximum atomic E-state index is 13.6. The second kappa shape index (κ2) is 12.5. The van der Waals surface area contributed by atoms with Gasteiger partial charge in [-0.05, 0) is 56.5 Å². The largest absolute Gasteiger partial charge is 0.444 e. The number of rotatable bonds is 9. The number of nitrogens with zero attached hydrogens (tertiary/aromatic N) is 2. The molecule has 2 atom stereocenters. The van der Waals surface area contributed by atoms with E-state index < -0.39 is 48.7 Å². The van der Waals surface area contributed by atoms with E-state index in [9.17, 15) is 24.8 Å². The molecular formula is C27H32N4O5. The van der Waals surface area contributed by atoms with Crippen molar-refractivity contribution in [2.75, 3.05) is 18.5 Å². The van der Waals surface area contributed by atoms with Crippen LogP contribution in [0.1, 0.15) is 43.5 Å². The number of nitrogens with one attached hydrogen (secondary N) is 2. The van der Waals surface area contributed by atoms with Crippen molar-refractivity contribution in [2.45, 2.75) is 45.4 Å². The van der Waals surface area contributed by atoms with E-state index in [1.807, 2.05) is 25.1 Å². The van der Waals surface area contributed by atoms with E-state index in [1.165, 1.54) is 0 Å². The van der Waals surface area contributed by atoms with E-state index in [4.69, 9.17) is 4.74 Å². The smallest absolute Gasteiger partial charge is 0.408 e. The van der Waals surface area contributed by atoms with Crippen LogP contribution in [0.25, 0.3) is 6.08 Å². The van der Waals surface area contributed by atoms with Crippen LogP contribution in [0.3, 0.4) is 0 Å². The Hall–Kier alpha value is -4.16. The summed E-state index contributed by atoms with van der Waals surface area (Å²) in [5, 5.41) is 24.6. The molecule has 0 aliphatic rings. The van der Waals surface area contributed by atoms with Gasteiger partial charge < -0.3 is 25.4 Å². The van der Waals surface area contributed by atoms with E-state index in [0.29, 0.717) is 16.8 Å². The first-order chi connectivity index (χ1) is 17.0. The minimum Gasteiger partial charge on any atom is -0.444 e. The van der Waals surface area contributed by atoms with Crippen LogP contribution >= 0.6 is 0 Å². The summed E-state index contributed by atoms with van der Waals surface area (Å²) >= 11 is 0. The van der Waals surface area contributed by atoms with Crippen molar-refractivity contribution >= 4 is 29.7 Å². The molecule has 0 aromatic heterocycles. The van der Waals surface area contributed by atoms with Gasteiger partial charge in [-0.3, -0.25) is 9.59 Å². The van der Waals surface area contributed by atoms with Crippen LogP contribution in [-0.4, -0.2) is 52.7 Å². The van der Waals surface area contributed by atoms with Crippen LogP contribution in [0.4, 0.5) is 10.5 Å². The van der Waals surface area contributed by atoms with E-state index in [2.05, 4.69) is 17.2 Å². The van der Waals surface area contributed by atoms with Crippen LogP contribution in [0.2, 0.25) is 0 Å². The quantitative estimate of drug-likeness (QED) is 0.459. The molecule has 0 saturated heterocycles. The van der Waals surface area contributed by atoms with Crippen molar-refractivity contribution in [3.05, 3.63) is 71.8 Å². The molecule has 0 aliphatic carbocycles. The second-order valence-electron chi connectivity index (χ2n) is 9.09. The highest BCUT2D eigenvalue weighted by Crippen LogP contribution is 2.26. The number of amides is 3. The van der Waals surface area contributed by atoms with Gasteiger partial charge in [-0.2, -0.15) is 5.26 Å². The monoisotopic (exact) mass is 492 g/mol. The number of hydrogen-bond donors (Lipinski definition) is 3. The predicted molar refractivity (Wildman–Crippen MR) is 137 cm³/mol. The Morgan fingerprint density at radius 3 is 2.47 bits per heavy atom. The Morgan fingerprint density at radius 1 is 1.19 bits per heavy atom. The van der Waals surface area contributed by atoms with Gasteiger partial charge in [0.05, 0.1) is 12.7 Å². The predicted octanol–water partition coefficient (Wildman–Crippen LogP) is 3.56. The number of carbonyl (C=O) groups is 3. The summed E-state index contributed by atoms with van der Waals surface area (Å²) in [5.74, 6) is -1.39. The van der Waals surface area contributed by atoms with Crippen molar-refractivity contribution < 1.29 is 24.2 Å². The number of alkyl carbamates (subject to hydrolysis) is 1. The van der Waals surface area contributed by atoms with Crippen LogP contribution in [0.15, 0.2) is 55.1 Å². The maximum Gasteiger partial charge on any atom is 0.408 e. The molecule has 2 aromatic rings. The van der Waals surface area contributed by atoms with E-state index >= 15 is 0 Å². The van der Waals surface area contributed by atoms with Gasteiger partial charge in [0.1, 0.15) is 24.2 Å². The van der Waals surface area contributed by atoms with Crippen molar-refractivity contribution in [2.24, 2.45) is 0 Å². The topological polar surface area (TPSA) is 132 Å². The fourth-order valence-electron chi connectivity index (χ4n) is 3.45. The summed E-state index contributed by atoms with van der Waals surface area (Å²) in [5.41, 5.74) is 1.65. The zero-order valence-electron chi connectivity index (χ0n) is 20.9. The van der Waals surface area contributed by atoms with Crippen molar-refractivity contribution in [3.8, 4) is 6.07 Å². The summed E-state index contributed by atoms with van der Waals surface area (Å²) in [6.45, 7) is 9.30. The highest BCUT2D eigenvalue weighted by atomic mass is 16.6. The summed E-state index contributed by atoms with van der Waals surface area (Å²) < 4.78 is 5.19. The summed E-state index contributed by atoms with van der Waals surface area (Å²) in [6, 6.07) is 13.2. The van der Waals surface area contributed by atoms with Crippen molar-refractivity contribution in [3.63, 3.8) is 0 Å². The molecule has 190 valence electrons. The molecule has 0 spiro atoms. The lowest BCUT2D eigenvalue weighted by atomic mass is 10.00. The number of benzene rings is 2.